The van der Waals surface area contributed by atoms with E-state index >= 15 is 0 Å². The molecule has 1 aliphatic heterocycles. The summed E-state index contributed by atoms with van der Waals surface area (Å²) in [6.45, 7) is 1.12. The monoisotopic (exact) mass is 366 g/mol. The van der Waals surface area contributed by atoms with Crippen molar-refractivity contribution in [2.75, 3.05) is 31.6 Å². The van der Waals surface area contributed by atoms with Crippen LogP contribution in [0, 0.1) is 0 Å². The van der Waals surface area contributed by atoms with Gasteiger partial charge in [-0.3, -0.25) is 4.57 Å². The Morgan fingerprint density at radius 3 is 2.69 bits per heavy atom. The summed E-state index contributed by atoms with van der Waals surface area (Å²) in [7, 11) is 1.94. The third-order valence-electron chi connectivity index (χ3n) is 4.69. The lowest BCUT2D eigenvalue weighted by Crippen LogP contribution is -2.33. The highest BCUT2D eigenvalue weighted by atomic mass is 16.6. The van der Waals surface area contributed by atoms with E-state index in [1.54, 1.807) is 4.57 Å². The Kier molecular flexibility index (Phi) is 5.99. The minimum absolute atomic E-state index is 0.382. The second kappa shape index (κ2) is 8.23. The molecule has 0 aliphatic carbocycles. The fraction of sp³-hybridized carbons (Fsp3) is 0.688. The molecule has 3 heterocycles. The number of unbranched alkanes of at least 4 members (excludes halogenated alkanes) is 2. The van der Waals surface area contributed by atoms with Crippen LogP contribution in [-0.4, -0.2) is 79.9 Å². The van der Waals surface area contributed by atoms with Crippen molar-refractivity contribution < 1.29 is 20.1 Å². The molecule has 2 aromatic rings. The highest BCUT2D eigenvalue weighted by Gasteiger charge is 2.44. The van der Waals surface area contributed by atoms with Crippen molar-refractivity contribution in [2.24, 2.45) is 5.73 Å². The highest BCUT2D eigenvalue weighted by Crippen LogP contribution is 2.32. The molecule has 1 fully saturated rings. The maximum Gasteiger partial charge on any atom is 0.167 e. The maximum atomic E-state index is 10.2. The average molecular weight is 366 g/mol. The number of nitrogens with zero attached hydrogens (tertiary/aromatic N) is 5. The highest BCUT2D eigenvalue weighted by molar-refractivity contribution is 5.83. The summed E-state index contributed by atoms with van der Waals surface area (Å²) in [5.41, 5.74) is 6.61. The SMILES string of the molecule is CN(CCCCCN)c1ncnc2c1ncn2[C@@H]1O[C@H](CO)[C@@H](O)[C@H]1O. The summed E-state index contributed by atoms with van der Waals surface area (Å²) in [6, 6.07) is 0. The number of anilines is 1. The van der Waals surface area contributed by atoms with Gasteiger partial charge in [-0.25, -0.2) is 15.0 Å². The predicted octanol–water partition coefficient (Wildman–Crippen LogP) is -0.997. The number of hydrogen-bond donors (Lipinski definition) is 4. The predicted molar refractivity (Wildman–Crippen MR) is 94.5 cm³/mol. The van der Waals surface area contributed by atoms with Crippen molar-refractivity contribution >= 4 is 17.0 Å². The average Bonchev–Trinajstić information content (AvgIpc) is 3.20. The lowest BCUT2D eigenvalue weighted by atomic mass is 10.1. The summed E-state index contributed by atoms with van der Waals surface area (Å²) < 4.78 is 7.13. The van der Waals surface area contributed by atoms with Gasteiger partial charge in [0.15, 0.2) is 23.2 Å². The van der Waals surface area contributed by atoms with Crippen LogP contribution in [0.2, 0.25) is 0 Å². The zero-order valence-corrected chi connectivity index (χ0v) is 14.8. The van der Waals surface area contributed by atoms with E-state index in [0.717, 1.165) is 25.8 Å². The van der Waals surface area contributed by atoms with Crippen molar-refractivity contribution in [3.05, 3.63) is 12.7 Å². The fourth-order valence-electron chi connectivity index (χ4n) is 3.19. The first-order valence-corrected chi connectivity index (χ1v) is 8.79. The normalized spacial score (nSPS) is 25.9. The minimum Gasteiger partial charge on any atom is -0.394 e. The number of imidazole rings is 1. The lowest BCUT2D eigenvalue weighted by Gasteiger charge is -2.19. The van der Waals surface area contributed by atoms with Gasteiger partial charge in [-0.1, -0.05) is 6.42 Å². The van der Waals surface area contributed by atoms with Gasteiger partial charge in [0.05, 0.1) is 12.9 Å². The summed E-state index contributed by atoms with van der Waals surface area (Å²) >= 11 is 0. The number of hydrogen-bond acceptors (Lipinski definition) is 9. The first-order chi connectivity index (χ1) is 12.6. The Morgan fingerprint density at radius 2 is 2.00 bits per heavy atom. The molecule has 0 radical (unpaired) electrons. The van der Waals surface area contributed by atoms with Gasteiger partial charge in [-0.2, -0.15) is 0 Å². The molecule has 1 saturated heterocycles. The Hall–Kier alpha value is -1.85. The summed E-state index contributed by atoms with van der Waals surface area (Å²) in [5.74, 6) is 0.688. The van der Waals surface area contributed by atoms with Gasteiger partial charge in [-0.15, -0.1) is 0 Å². The van der Waals surface area contributed by atoms with Gasteiger partial charge in [0.25, 0.3) is 0 Å². The number of rotatable bonds is 8. The molecule has 1 aliphatic rings. The fourth-order valence-corrected chi connectivity index (χ4v) is 3.19. The largest absolute Gasteiger partial charge is 0.394 e. The van der Waals surface area contributed by atoms with Gasteiger partial charge < -0.3 is 30.7 Å². The van der Waals surface area contributed by atoms with Crippen LogP contribution < -0.4 is 10.6 Å². The molecule has 0 amide bonds. The number of aromatic nitrogens is 4. The van der Waals surface area contributed by atoms with Gasteiger partial charge >= 0.3 is 0 Å². The van der Waals surface area contributed by atoms with Gasteiger partial charge in [-0.05, 0) is 19.4 Å². The van der Waals surface area contributed by atoms with Crippen LogP contribution >= 0.6 is 0 Å². The maximum absolute atomic E-state index is 10.2. The number of aliphatic hydroxyl groups is 3. The van der Waals surface area contributed by atoms with Crippen molar-refractivity contribution in [1.29, 1.82) is 0 Å². The van der Waals surface area contributed by atoms with Crippen LogP contribution in [0.3, 0.4) is 0 Å². The molecule has 0 bridgehead atoms. The first-order valence-electron chi connectivity index (χ1n) is 8.79. The molecule has 0 aromatic carbocycles. The van der Waals surface area contributed by atoms with E-state index in [1.807, 2.05) is 11.9 Å². The van der Waals surface area contributed by atoms with E-state index in [1.165, 1.54) is 12.7 Å². The van der Waals surface area contributed by atoms with Crippen LogP contribution in [0.15, 0.2) is 12.7 Å². The second-order valence-corrected chi connectivity index (χ2v) is 6.52. The van der Waals surface area contributed by atoms with Crippen LogP contribution in [0.5, 0.6) is 0 Å². The van der Waals surface area contributed by atoms with Crippen molar-refractivity contribution in [1.82, 2.24) is 19.5 Å². The molecule has 5 N–H and O–H groups in total. The topological polar surface area (TPSA) is 143 Å². The van der Waals surface area contributed by atoms with Crippen molar-refractivity contribution in [2.45, 2.75) is 43.8 Å². The van der Waals surface area contributed by atoms with E-state index in [0.29, 0.717) is 23.5 Å². The molecule has 0 saturated carbocycles. The van der Waals surface area contributed by atoms with Crippen LogP contribution in [0.25, 0.3) is 11.2 Å². The molecule has 0 unspecified atom stereocenters. The van der Waals surface area contributed by atoms with Gasteiger partial charge in [0, 0.05) is 13.6 Å². The molecular weight excluding hydrogens is 340 g/mol. The smallest absolute Gasteiger partial charge is 0.167 e. The number of aliphatic hydroxyl groups excluding tert-OH is 3. The van der Waals surface area contributed by atoms with Crippen LogP contribution in [-0.2, 0) is 4.74 Å². The van der Waals surface area contributed by atoms with Crippen molar-refractivity contribution in [3.8, 4) is 0 Å². The third-order valence-corrected chi connectivity index (χ3v) is 4.69. The quantitative estimate of drug-likeness (QED) is 0.433. The van der Waals surface area contributed by atoms with E-state index in [-0.39, 0.29) is 6.61 Å². The van der Waals surface area contributed by atoms with Crippen LogP contribution in [0.4, 0.5) is 5.82 Å². The second-order valence-electron chi connectivity index (χ2n) is 6.52. The Bertz CT molecular complexity index is 726. The summed E-state index contributed by atoms with van der Waals surface area (Å²) in [4.78, 5) is 15.0. The molecule has 144 valence electrons. The van der Waals surface area contributed by atoms with Crippen LogP contribution in [0.1, 0.15) is 25.5 Å². The summed E-state index contributed by atoms with van der Waals surface area (Å²) in [6.07, 6.45) is 1.90. The van der Waals surface area contributed by atoms with E-state index in [2.05, 4.69) is 15.0 Å². The Labute approximate surface area is 151 Å². The number of nitrogens with two attached hydrogens (primary N) is 1. The standard InChI is InChI=1S/C16H26N6O4/c1-21(6-4-2-3-5-17)14-11-15(19-8-18-14)22(9-20-11)16-13(25)12(24)10(7-23)26-16/h8-10,12-13,16,23-25H,2-7,17H2,1H3/t10-,12-,13-,16-/m1/s1. The van der Waals surface area contributed by atoms with E-state index in [4.69, 9.17) is 10.5 Å². The van der Waals surface area contributed by atoms with Crippen molar-refractivity contribution in [3.63, 3.8) is 0 Å². The first kappa shape index (κ1) is 18.9. The molecule has 26 heavy (non-hydrogen) atoms. The molecule has 10 nitrogen and oxygen atoms in total. The lowest BCUT2D eigenvalue weighted by molar-refractivity contribution is -0.0511. The Morgan fingerprint density at radius 1 is 1.19 bits per heavy atom. The molecule has 4 atom stereocenters. The van der Waals surface area contributed by atoms with E-state index in [9.17, 15) is 15.3 Å². The number of ether oxygens (including phenoxy) is 1. The molecule has 10 heteroatoms. The Balaban J connectivity index is 1.83. The third kappa shape index (κ3) is 3.51. The molecule has 0 spiro atoms. The molecule has 3 rings (SSSR count). The zero-order chi connectivity index (χ0) is 18.7. The van der Waals surface area contributed by atoms with E-state index < -0.39 is 24.5 Å². The minimum atomic E-state index is -1.18. The zero-order valence-electron chi connectivity index (χ0n) is 14.8. The molecule has 2 aromatic heterocycles. The van der Waals surface area contributed by atoms with Gasteiger partial charge in [0.1, 0.15) is 24.6 Å². The van der Waals surface area contributed by atoms with Gasteiger partial charge in [0.2, 0.25) is 0 Å². The number of fused-ring (bicyclic) bond motifs is 1. The molecular formula is C16H26N6O4. The summed E-state index contributed by atoms with van der Waals surface area (Å²) in [5, 5.41) is 29.5.